The molecule has 0 spiro atoms. The molecule has 3 N–H and O–H groups in total. The van der Waals surface area contributed by atoms with E-state index in [0.29, 0.717) is 8.95 Å². The van der Waals surface area contributed by atoms with Crippen molar-refractivity contribution in [3.8, 4) is 0 Å². The topological polar surface area (TPSA) is 55.1 Å². The first kappa shape index (κ1) is 23.3. The SMILES string of the molecule is CC(=O)Nc1cc(C(F)(F)F)ccc1Br.Nc1cc(C(F)(F)F)ccc1Br. The Kier molecular flexibility index (Phi) is 7.73. The predicted octanol–water partition coefficient (Wildman–Crippen LogP) is 6.48. The summed E-state index contributed by atoms with van der Waals surface area (Å²) >= 11 is 6.05. The monoisotopic (exact) mass is 520 g/mol. The fourth-order valence-corrected chi connectivity index (χ4v) is 2.30. The van der Waals surface area contributed by atoms with Gasteiger partial charge in [-0.1, -0.05) is 0 Å². The van der Waals surface area contributed by atoms with Crippen molar-refractivity contribution >= 4 is 49.1 Å². The first-order valence-electron chi connectivity index (χ1n) is 6.98. The number of anilines is 2. The van der Waals surface area contributed by atoms with Crippen LogP contribution in [0.15, 0.2) is 45.3 Å². The second kappa shape index (κ2) is 8.96. The van der Waals surface area contributed by atoms with Crippen molar-refractivity contribution in [2.75, 3.05) is 11.1 Å². The van der Waals surface area contributed by atoms with Crippen LogP contribution in [0.1, 0.15) is 18.1 Å². The van der Waals surface area contributed by atoms with E-state index in [-0.39, 0.29) is 11.4 Å². The zero-order valence-corrected chi connectivity index (χ0v) is 16.6. The molecule has 0 fully saturated rings. The fraction of sp³-hybridized carbons (Fsp3) is 0.188. The van der Waals surface area contributed by atoms with E-state index in [4.69, 9.17) is 5.73 Å². The van der Waals surface area contributed by atoms with Gasteiger partial charge in [-0.15, -0.1) is 0 Å². The number of benzene rings is 2. The van der Waals surface area contributed by atoms with E-state index in [0.717, 1.165) is 24.3 Å². The third kappa shape index (κ3) is 7.41. The lowest BCUT2D eigenvalue weighted by molar-refractivity contribution is -0.138. The lowest BCUT2D eigenvalue weighted by atomic mass is 10.2. The molecular weight excluding hydrogens is 510 g/mol. The Balaban J connectivity index is 0.000000277. The minimum absolute atomic E-state index is 0.0878. The van der Waals surface area contributed by atoms with E-state index in [1.54, 1.807) is 0 Å². The van der Waals surface area contributed by atoms with Crippen LogP contribution in [0.25, 0.3) is 0 Å². The number of nitrogens with two attached hydrogens (primary N) is 1. The highest BCUT2D eigenvalue weighted by Gasteiger charge is 2.31. The normalized spacial score (nSPS) is 11.4. The Morgan fingerprint density at radius 2 is 1.33 bits per heavy atom. The average Bonchev–Trinajstić information content (AvgIpc) is 2.50. The first-order valence-corrected chi connectivity index (χ1v) is 8.57. The van der Waals surface area contributed by atoms with Crippen LogP contribution in [0, 0.1) is 0 Å². The summed E-state index contributed by atoms with van der Waals surface area (Å²) in [6.45, 7) is 1.23. The maximum absolute atomic E-state index is 12.3. The predicted molar refractivity (Wildman–Crippen MR) is 97.0 cm³/mol. The largest absolute Gasteiger partial charge is 0.416 e. The molecular formula is C16H12Br2F6N2O. The van der Waals surface area contributed by atoms with E-state index in [9.17, 15) is 31.1 Å². The molecule has 0 aliphatic heterocycles. The second-order valence-corrected chi connectivity index (χ2v) is 6.82. The maximum Gasteiger partial charge on any atom is 0.416 e. The molecule has 27 heavy (non-hydrogen) atoms. The molecule has 0 unspecified atom stereocenters. The average molecular weight is 522 g/mol. The van der Waals surface area contributed by atoms with Crippen LogP contribution in [0.3, 0.4) is 0 Å². The number of halogens is 8. The number of hydrogen-bond acceptors (Lipinski definition) is 2. The van der Waals surface area contributed by atoms with Gasteiger partial charge in [0, 0.05) is 21.6 Å². The molecule has 0 saturated carbocycles. The molecule has 2 aromatic carbocycles. The number of hydrogen-bond donors (Lipinski definition) is 2. The summed E-state index contributed by atoms with van der Waals surface area (Å²) in [5.74, 6) is -0.421. The van der Waals surface area contributed by atoms with Gasteiger partial charge in [-0.25, -0.2) is 0 Å². The van der Waals surface area contributed by atoms with Gasteiger partial charge in [0.15, 0.2) is 0 Å². The number of carbonyl (C=O) groups excluding carboxylic acids is 1. The number of alkyl halides is 6. The van der Waals surface area contributed by atoms with Gasteiger partial charge < -0.3 is 11.1 Å². The number of nitrogen functional groups attached to an aromatic ring is 1. The maximum atomic E-state index is 12.3. The molecule has 0 aromatic heterocycles. The lowest BCUT2D eigenvalue weighted by Gasteiger charge is -2.10. The van der Waals surface area contributed by atoms with Crippen molar-refractivity contribution in [1.82, 2.24) is 0 Å². The molecule has 148 valence electrons. The fourth-order valence-electron chi connectivity index (χ4n) is 1.71. The van der Waals surface area contributed by atoms with Crippen molar-refractivity contribution in [2.24, 2.45) is 0 Å². The summed E-state index contributed by atoms with van der Waals surface area (Å²) in [6.07, 6.45) is -8.73. The number of nitrogens with one attached hydrogen (secondary N) is 1. The zero-order valence-electron chi connectivity index (χ0n) is 13.5. The van der Waals surface area contributed by atoms with Crippen LogP contribution in [-0.4, -0.2) is 5.91 Å². The zero-order chi connectivity index (χ0) is 21.0. The Bertz CT molecular complexity index is 822. The molecule has 0 atom stereocenters. The van der Waals surface area contributed by atoms with Crippen molar-refractivity contribution < 1.29 is 31.1 Å². The lowest BCUT2D eigenvalue weighted by Crippen LogP contribution is -2.09. The number of rotatable bonds is 1. The van der Waals surface area contributed by atoms with Gasteiger partial charge in [-0.05, 0) is 68.3 Å². The highest BCUT2D eigenvalue weighted by molar-refractivity contribution is 9.11. The van der Waals surface area contributed by atoms with E-state index in [2.05, 4.69) is 37.2 Å². The molecule has 0 saturated heterocycles. The van der Waals surface area contributed by atoms with E-state index in [1.165, 1.54) is 19.1 Å². The standard InChI is InChI=1S/C9H7BrF3NO.C7H5BrF3N/c1-5(15)14-8-4-6(9(11,12)13)2-3-7(8)10;8-5-2-1-4(3-6(5)12)7(9,10)11/h2-4H,1H3,(H,14,15);1-3H,12H2. The quantitative estimate of drug-likeness (QED) is 0.333. The summed E-state index contributed by atoms with van der Waals surface area (Å²) in [6, 6.07) is 6.21. The van der Waals surface area contributed by atoms with Crippen molar-refractivity contribution in [1.29, 1.82) is 0 Å². The first-order chi connectivity index (χ1) is 12.2. The van der Waals surface area contributed by atoms with Crippen LogP contribution >= 0.6 is 31.9 Å². The molecule has 0 aliphatic rings. The number of amides is 1. The Morgan fingerprint density at radius 3 is 1.74 bits per heavy atom. The molecule has 0 heterocycles. The second-order valence-electron chi connectivity index (χ2n) is 5.11. The summed E-state index contributed by atoms with van der Waals surface area (Å²) in [5, 5.41) is 2.30. The summed E-state index contributed by atoms with van der Waals surface area (Å²) < 4.78 is 73.9. The number of carbonyl (C=O) groups is 1. The molecule has 0 radical (unpaired) electrons. The highest BCUT2D eigenvalue weighted by atomic mass is 79.9. The van der Waals surface area contributed by atoms with Crippen LogP contribution in [0.5, 0.6) is 0 Å². The van der Waals surface area contributed by atoms with Gasteiger partial charge in [0.1, 0.15) is 0 Å². The van der Waals surface area contributed by atoms with Crippen LogP contribution in [0.2, 0.25) is 0 Å². The van der Waals surface area contributed by atoms with Crippen LogP contribution < -0.4 is 11.1 Å². The Labute approximate surface area is 167 Å². The smallest absolute Gasteiger partial charge is 0.398 e. The molecule has 1 amide bonds. The van der Waals surface area contributed by atoms with Crippen LogP contribution in [0.4, 0.5) is 37.7 Å². The van der Waals surface area contributed by atoms with Gasteiger partial charge >= 0.3 is 12.4 Å². The summed E-state index contributed by atoms with van der Waals surface area (Å²) in [5.41, 5.74) is 3.94. The van der Waals surface area contributed by atoms with Gasteiger partial charge in [-0.3, -0.25) is 4.79 Å². The van der Waals surface area contributed by atoms with E-state index >= 15 is 0 Å². The molecule has 0 bridgehead atoms. The molecule has 2 rings (SSSR count). The minimum atomic E-state index is -4.41. The van der Waals surface area contributed by atoms with Crippen molar-refractivity contribution in [3.05, 3.63) is 56.5 Å². The molecule has 2 aromatic rings. The summed E-state index contributed by atoms with van der Waals surface area (Å²) in [7, 11) is 0. The molecule has 11 heteroatoms. The Hall–Kier alpha value is -1.75. The van der Waals surface area contributed by atoms with Crippen molar-refractivity contribution in [3.63, 3.8) is 0 Å². The third-order valence-electron chi connectivity index (χ3n) is 2.93. The van der Waals surface area contributed by atoms with Gasteiger partial charge in [0.05, 0.1) is 16.8 Å². The van der Waals surface area contributed by atoms with E-state index in [1.807, 2.05) is 0 Å². The Morgan fingerprint density at radius 1 is 0.889 bits per heavy atom. The molecule has 0 aliphatic carbocycles. The third-order valence-corrected chi connectivity index (χ3v) is 4.34. The minimum Gasteiger partial charge on any atom is -0.398 e. The summed E-state index contributed by atoms with van der Waals surface area (Å²) in [4.78, 5) is 10.7. The molecule has 3 nitrogen and oxygen atoms in total. The van der Waals surface area contributed by atoms with E-state index < -0.39 is 29.4 Å². The van der Waals surface area contributed by atoms with Crippen molar-refractivity contribution in [2.45, 2.75) is 19.3 Å². The van der Waals surface area contributed by atoms with Gasteiger partial charge in [-0.2, -0.15) is 26.3 Å². The van der Waals surface area contributed by atoms with Gasteiger partial charge in [0.2, 0.25) is 5.91 Å². The van der Waals surface area contributed by atoms with Crippen LogP contribution in [-0.2, 0) is 17.1 Å². The van der Waals surface area contributed by atoms with Gasteiger partial charge in [0.25, 0.3) is 0 Å². The highest BCUT2D eigenvalue weighted by Crippen LogP contribution is 2.34.